The van der Waals surface area contributed by atoms with E-state index < -0.39 is 4.92 Å². The number of nitrogens with zero attached hydrogens (tertiary/aromatic N) is 3. The third-order valence-corrected chi connectivity index (χ3v) is 3.58. The Morgan fingerprint density at radius 3 is 2.52 bits per heavy atom. The molecule has 2 rings (SSSR count). The molecule has 2 aromatic rings. The van der Waals surface area contributed by atoms with Crippen molar-refractivity contribution in [3.8, 4) is 6.07 Å². The summed E-state index contributed by atoms with van der Waals surface area (Å²) < 4.78 is 0.624. The van der Waals surface area contributed by atoms with Gasteiger partial charge in [0.2, 0.25) is 0 Å². The molecule has 0 spiro atoms. The number of nitro benzene ring substituents is 1. The topological polar surface area (TPSA) is 70.2 Å². The van der Waals surface area contributed by atoms with Crippen LogP contribution in [0.15, 0.2) is 53.0 Å². The predicted molar refractivity (Wildman–Crippen MR) is 84.5 cm³/mol. The van der Waals surface area contributed by atoms with Crippen molar-refractivity contribution < 1.29 is 4.92 Å². The molecule has 0 aliphatic carbocycles. The van der Waals surface area contributed by atoms with Crippen LogP contribution >= 0.6 is 15.9 Å². The summed E-state index contributed by atoms with van der Waals surface area (Å²) in [5, 5.41) is 19.6. The molecule has 106 valence electrons. The maximum absolute atomic E-state index is 10.8. The van der Waals surface area contributed by atoms with E-state index in [1.165, 1.54) is 12.1 Å². The first kappa shape index (κ1) is 15.0. The molecule has 0 aromatic heterocycles. The van der Waals surface area contributed by atoms with Crippen molar-refractivity contribution in [3.63, 3.8) is 0 Å². The van der Waals surface area contributed by atoms with Crippen molar-refractivity contribution in [1.29, 1.82) is 5.26 Å². The summed E-state index contributed by atoms with van der Waals surface area (Å²) in [6, 6.07) is 16.3. The summed E-state index contributed by atoms with van der Waals surface area (Å²) in [6.07, 6.45) is 0.359. The minimum absolute atomic E-state index is 0.0268. The van der Waals surface area contributed by atoms with Crippen LogP contribution in [0.2, 0.25) is 0 Å². The zero-order valence-corrected chi connectivity index (χ0v) is 12.7. The van der Waals surface area contributed by atoms with E-state index in [0.717, 1.165) is 11.4 Å². The van der Waals surface area contributed by atoms with Crippen LogP contribution in [0.3, 0.4) is 0 Å². The second-order valence-electron chi connectivity index (χ2n) is 4.29. The van der Waals surface area contributed by atoms with Gasteiger partial charge >= 0.3 is 0 Å². The monoisotopic (exact) mass is 345 g/mol. The van der Waals surface area contributed by atoms with Crippen molar-refractivity contribution in [2.24, 2.45) is 0 Å². The van der Waals surface area contributed by atoms with E-state index in [1.54, 1.807) is 6.07 Å². The van der Waals surface area contributed by atoms with Gasteiger partial charge in [-0.3, -0.25) is 10.1 Å². The highest BCUT2D eigenvalue weighted by Gasteiger charge is 2.15. The number of para-hydroxylation sites is 1. The van der Waals surface area contributed by atoms with Gasteiger partial charge in [-0.05, 0) is 34.1 Å². The van der Waals surface area contributed by atoms with Crippen molar-refractivity contribution >= 4 is 33.0 Å². The Morgan fingerprint density at radius 1 is 1.24 bits per heavy atom. The van der Waals surface area contributed by atoms with Crippen molar-refractivity contribution in [2.45, 2.75) is 6.42 Å². The number of hydrogen-bond acceptors (Lipinski definition) is 4. The van der Waals surface area contributed by atoms with Crippen LogP contribution in [0.25, 0.3) is 0 Å². The van der Waals surface area contributed by atoms with Gasteiger partial charge in [-0.15, -0.1) is 0 Å². The van der Waals surface area contributed by atoms with E-state index in [9.17, 15) is 10.1 Å². The fourth-order valence-electron chi connectivity index (χ4n) is 1.99. The lowest BCUT2D eigenvalue weighted by Gasteiger charge is -2.25. The summed E-state index contributed by atoms with van der Waals surface area (Å²) >= 11 is 3.38. The fraction of sp³-hybridized carbons (Fsp3) is 0.133. The minimum atomic E-state index is -0.434. The van der Waals surface area contributed by atoms with Crippen LogP contribution in [0.1, 0.15) is 6.42 Å². The number of non-ortho nitro benzene ring substituents is 1. The molecule has 0 heterocycles. The van der Waals surface area contributed by atoms with Gasteiger partial charge in [0.25, 0.3) is 5.69 Å². The number of rotatable bonds is 5. The SMILES string of the molecule is N#CCCN(c1ccccc1)c1ccc([N+](=O)[O-])cc1Br. The first-order chi connectivity index (χ1) is 10.1. The summed E-state index contributed by atoms with van der Waals surface area (Å²) in [6.45, 7) is 0.511. The zero-order valence-electron chi connectivity index (χ0n) is 11.1. The first-order valence-electron chi connectivity index (χ1n) is 6.27. The van der Waals surface area contributed by atoms with Gasteiger partial charge < -0.3 is 4.90 Å². The molecule has 0 saturated carbocycles. The third kappa shape index (κ3) is 3.58. The molecule has 2 aromatic carbocycles. The standard InChI is InChI=1S/C15H12BrN3O2/c16-14-11-13(19(20)21)7-8-15(14)18(10-4-9-17)12-5-2-1-3-6-12/h1-3,5-8,11H,4,10H2. The highest BCUT2D eigenvalue weighted by atomic mass is 79.9. The van der Waals surface area contributed by atoms with Gasteiger partial charge in [-0.2, -0.15) is 5.26 Å². The summed E-state index contributed by atoms with van der Waals surface area (Å²) in [7, 11) is 0. The largest absolute Gasteiger partial charge is 0.340 e. The van der Waals surface area contributed by atoms with Gasteiger partial charge in [-0.25, -0.2) is 0 Å². The molecule has 0 fully saturated rings. The molecule has 0 atom stereocenters. The van der Waals surface area contributed by atoms with Crippen molar-refractivity contribution in [1.82, 2.24) is 0 Å². The molecular weight excluding hydrogens is 334 g/mol. The third-order valence-electron chi connectivity index (χ3n) is 2.95. The first-order valence-corrected chi connectivity index (χ1v) is 7.06. The Kier molecular flexibility index (Phi) is 4.90. The number of nitriles is 1. The maximum Gasteiger partial charge on any atom is 0.270 e. The average molecular weight is 346 g/mol. The lowest BCUT2D eigenvalue weighted by atomic mass is 10.2. The molecule has 0 aliphatic rings. The number of anilines is 2. The molecule has 0 saturated heterocycles. The van der Waals surface area contributed by atoms with E-state index in [1.807, 2.05) is 35.2 Å². The zero-order chi connectivity index (χ0) is 15.2. The highest BCUT2D eigenvalue weighted by molar-refractivity contribution is 9.10. The van der Waals surface area contributed by atoms with Gasteiger partial charge in [0.1, 0.15) is 0 Å². The van der Waals surface area contributed by atoms with Gasteiger partial charge in [0.15, 0.2) is 0 Å². The van der Waals surface area contributed by atoms with Crippen LogP contribution in [-0.4, -0.2) is 11.5 Å². The van der Waals surface area contributed by atoms with Crippen molar-refractivity contribution in [2.75, 3.05) is 11.4 Å². The molecular formula is C15H12BrN3O2. The minimum Gasteiger partial charge on any atom is -0.340 e. The molecule has 0 aliphatic heterocycles. The van der Waals surface area contributed by atoms with E-state index >= 15 is 0 Å². The number of benzene rings is 2. The lowest BCUT2D eigenvalue weighted by molar-refractivity contribution is -0.384. The second kappa shape index (κ2) is 6.86. The molecule has 0 amide bonds. The highest BCUT2D eigenvalue weighted by Crippen LogP contribution is 2.34. The molecule has 0 unspecified atom stereocenters. The van der Waals surface area contributed by atoms with E-state index in [4.69, 9.17) is 5.26 Å². The van der Waals surface area contributed by atoms with Crippen molar-refractivity contribution in [3.05, 3.63) is 63.1 Å². The Labute approximate surface area is 130 Å². The van der Waals surface area contributed by atoms with E-state index in [-0.39, 0.29) is 5.69 Å². The number of nitro groups is 1. The van der Waals surface area contributed by atoms with E-state index in [2.05, 4.69) is 22.0 Å². The normalized spacial score (nSPS) is 9.90. The van der Waals surface area contributed by atoms with Crippen LogP contribution in [0.5, 0.6) is 0 Å². The Hall–Kier alpha value is -2.39. The average Bonchev–Trinajstić information content (AvgIpc) is 2.50. The van der Waals surface area contributed by atoms with Crippen LogP contribution < -0.4 is 4.90 Å². The molecule has 6 heteroatoms. The summed E-state index contributed by atoms with van der Waals surface area (Å²) in [5.41, 5.74) is 1.75. The number of halogens is 1. The summed E-state index contributed by atoms with van der Waals surface area (Å²) in [5.74, 6) is 0. The van der Waals surface area contributed by atoms with Crippen LogP contribution in [-0.2, 0) is 0 Å². The molecule has 0 bridgehead atoms. The van der Waals surface area contributed by atoms with E-state index in [0.29, 0.717) is 17.4 Å². The Morgan fingerprint density at radius 2 is 1.95 bits per heavy atom. The Balaban J connectivity index is 2.42. The molecule has 5 nitrogen and oxygen atoms in total. The maximum atomic E-state index is 10.8. The van der Waals surface area contributed by atoms with Gasteiger partial charge in [0, 0.05) is 28.8 Å². The predicted octanol–water partition coefficient (Wildman–Crippen LogP) is 4.41. The van der Waals surface area contributed by atoms with Crippen LogP contribution in [0, 0.1) is 21.4 Å². The smallest absolute Gasteiger partial charge is 0.270 e. The van der Waals surface area contributed by atoms with Gasteiger partial charge in [0.05, 0.1) is 23.1 Å². The fourth-order valence-corrected chi connectivity index (χ4v) is 2.57. The quantitative estimate of drug-likeness (QED) is 0.594. The van der Waals surface area contributed by atoms with Crippen LogP contribution in [0.4, 0.5) is 17.1 Å². The second-order valence-corrected chi connectivity index (χ2v) is 5.14. The lowest BCUT2D eigenvalue weighted by Crippen LogP contribution is -2.18. The van der Waals surface area contributed by atoms with Gasteiger partial charge in [-0.1, -0.05) is 18.2 Å². The molecule has 0 radical (unpaired) electrons. The molecule has 21 heavy (non-hydrogen) atoms. The Bertz CT molecular complexity index is 683. The number of hydrogen-bond donors (Lipinski definition) is 0. The molecule has 0 N–H and O–H groups in total. The summed E-state index contributed by atoms with van der Waals surface area (Å²) in [4.78, 5) is 12.3.